The second kappa shape index (κ2) is 10.4. The van der Waals surface area contributed by atoms with Gasteiger partial charge in [0.1, 0.15) is 0 Å². The molecule has 0 fully saturated rings. The van der Waals surface area contributed by atoms with Gasteiger partial charge >= 0.3 is 0 Å². The van der Waals surface area contributed by atoms with Gasteiger partial charge in [0.25, 0.3) is 0 Å². The van der Waals surface area contributed by atoms with Crippen molar-refractivity contribution in [2.75, 3.05) is 0 Å². The smallest absolute Gasteiger partial charge is 0.0794 e. The van der Waals surface area contributed by atoms with Crippen LogP contribution in [0.15, 0.2) is 42.8 Å². The topological polar surface area (TPSA) is 33.1 Å². The number of fused-ring (bicyclic) bond motifs is 1. The fourth-order valence-corrected chi connectivity index (χ4v) is 2.46. The highest BCUT2D eigenvalue weighted by molar-refractivity contribution is 5.40. The number of nitrogens with zero attached hydrogens (tertiary/aromatic N) is 1. The monoisotopic (exact) mass is 275 g/mol. The van der Waals surface area contributed by atoms with Crippen LogP contribution in [0.3, 0.4) is 0 Å². The minimum atomic E-state index is -0.336. The minimum Gasteiger partial charge on any atom is -0.388 e. The van der Waals surface area contributed by atoms with Crippen molar-refractivity contribution >= 4 is 0 Å². The van der Waals surface area contributed by atoms with E-state index in [9.17, 15) is 5.11 Å². The molecule has 1 N–H and O–H groups in total. The van der Waals surface area contributed by atoms with Crippen molar-refractivity contribution in [2.45, 2.75) is 59.5 Å². The Labute approximate surface area is 124 Å². The number of aliphatic hydroxyl groups excluding tert-OH is 1. The summed E-state index contributed by atoms with van der Waals surface area (Å²) in [7, 11) is 0. The molecule has 2 rings (SSSR count). The molecule has 0 saturated heterocycles. The van der Waals surface area contributed by atoms with E-state index >= 15 is 0 Å². The number of hydrogen-bond acceptors (Lipinski definition) is 2. The number of hydrogen-bond donors (Lipinski definition) is 1. The Hall–Kier alpha value is -1.41. The van der Waals surface area contributed by atoms with Crippen LogP contribution in [0, 0.1) is 0 Å². The fraction of sp³-hybridized carbons (Fsp3) is 0.500. The van der Waals surface area contributed by atoms with Gasteiger partial charge in [-0.25, -0.2) is 0 Å². The lowest BCUT2D eigenvalue weighted by Gasteiger charge is -2.29. The summed E-state index contributed by atoms with van der Waals surface area (Å²) in [5, 5.41) is 9.93. The first kappa shape index (κ1) is 18.6. The van der Waals surface area contributed by atoms with E-state index in [4.69, 9.17) is 0 Å². The van der Waals surface area contributed by atoms with Crippen LogP contribution in [0.4, 0.5) is 0 Å². The molecule has 0 spiro atoms. The maximum absolute atomic E-state index is 9.93. The van der Waals surface area contributed by atoms with Crippen LogP contribution in [0.1, 0.15) is 70.6 Å². The highest BCUT2D eigenvalue weighted by Gasteiger charge is 2.26. The van der Waals surface area contributed by atoms with Gasteiger partial charge in [0.2, 0.25) is 0 Å². The molecular weight excluding hydrogens is 246 g/mol. The van der Waals surface area contributed by atoms with Crippen molar-refractivity contribution in [3.8, 4) is 0 Å². The summed E-state index contributed by atoms with van der Waals surface area (Å²) in [4.78, 5) is 4.16. The summed E-state index contributed by atoms with van der Waals surface area (Å²) in [6.07, 6.45) is 9.05. The van der Waals surface area contributed by atoms with E-state index in [1.165, 1.54) is 5.57 Å². The van der Waals surface area contributed by atoms with E-state index in [2.05, 4.69) is 17.6 Å². The van der Waals surface area contributed by atoms with Crippen LogP contribution >= 0.6 is 0 Å². The molecule has 112 valence electrons. The predicted octanol–water partition coefficient (Wildman–Crippen LogP) is 5.18. The molecule has 2 atom stereocenters. The Balaban J connectivity index is 0.000000829. The van der Waals surface area contributed by atoms with Crippen molar-refractivity contribution in [1.29, 1.82) is 0 Å². The maximum Gasteiger partial charge on any atom is 0.0794 e. The summed E-state index contributed by atoms with van der Waals surface area (Å²) in [6.45, 7) is 13.9. The third-order valence-corrected chi connectivity index (χ3v) is 3.32. The van der Waals surface area contributed by atoms with E-state index in [0.29, 0.717) is 5.92 Å². The SMILES string of the molecule is C=C/C(=C\C)C1CCC(O)c2ccncc21.CC.CC. The Kier molecular flexibility index (Phi) is 9.65. The predicted molar refractivity (Wildman–Crippen MR) is 87.8 cm³/mol. The molecule has 20 heavy (non-hydrogen) atoms. The molecule has 2 heteroatoms. The first-order valence-corrected chi connectivity index (χ1v) is 7.68. The van der Waals surface area contributed by atoms with Gasteiger partial charge in [0.15, 0.2) is 0 Å². The van der Waals surface area contributed by atoms with Crippen LogP contribution in [0.5, 0.6) is 0 Å². The van der Waals surface area contributed by atoms with Crippen LogP contribution < -0.4 is 0 Å². The zero-order valence-corrected chi connectivity index (χ0v) is 13.6. The minimum absolute atomic E-state index is 0.336. The summed E-state index contributed by atoms with van der Waals surface area (Å²) in [6, 6.07) is 1.92. The van der Waals surface area contributed by atoms with Crippen molar-refractivity contribution in [3.63, 3.8) is 0 Å². The molecule has 0 aliphatic heterocycles. The third kappa shape index (κ3) is 4.31. The molecule has 0 bridgehead atoms. The van der Waals surface area contributed by atoms with Crippen molar-refractivity contribution in [1.82, 2.24) is 4.98 Å². The lowest BCUT2D eigenvalue weighted by molar-refractivity contribution is 0.153. The number of allylic oxidation sites excluding steroid dienone is 3. The van der Waals surface area contributed by atoms with Crippen LogP contribution in [-0.2, 0) is 0 Å². The standard InChI is InChI=1S/C14H17NO.2C2H6/c1-3-10(4-2)11-5-6-14(16)12-7-8-15-9-13(11)12;2*1-2/h3-4,7-9,11,14,16H,1,5-6H2,2H3;2*1-2H3/b10-4+;;. The second-order valence-electron chi connectivity index (χ2n) is 4.14. The number of aliphatic hydroxyl groups is 1. The van der Waals surface area contributed by atoms with Gasteiger partial charge in [-0.3, -0.25) is 4.98 Å². The molecule has 2 nitrogen and oxygen atoms in total. The molecule has 0 radical (unpaired) electrons. The molecule has 0 amide bonds. The van der Waals surface area contributed by atoms with Gasteiger partial charge in [-0.1, -0.05) is 46.4 Å². The first-order chi connectivity index (χ1) is 9.77. The summed E-state index contributed by atoms with van der Waals surface area (Å²) in [5.41, 5.74) is 3.39. The Morgan fingerprint density at radius 3 is 2.45 bits per heavy atom. The normalized spacial score (nSPS) is 20.6. The fourth-order valence-electron chi connectivity index (χ4n) is 2.46. The lowest BCUT2D eigenvalue weighted by Crippen LogP contribution is -2.15. The highest BCUT2D eigenvalue weighted by Crippen LogP contribution is 2.40. The third-order valence-electron chi connectivity index (χ3n) is 3.32. The summed E-state index contributed by atoms with van der Waals surface area (Å²) < 4.78 is 0. The van der Waals surface area contributed by atoms with Gasteiger partial charge in [-0.05, 0) is 42.5 Å². The second-order valence-corrected chi connectivity index (χ2v) is 4.14. The first-order valence-electron chi connectivity index (χ1n) is 7.68. The molecule has 1 aromatic heterocycles. The van der Waals surface area contributed by atoms with Gasteiger partial charge in [-0.2, -0.15) is 0 Å². The number of rotatable bonds is 2. The number of pyridine rings is 1. The van der Waals surface area contributed by atoms with Crippen molar-refractivity contribution < 1.29 is 5.11 Å². The maximum atomic E-state index is 9.93. The summed E-state index contributed by atoms with van der Waals surface area (Å²) >= 11 is 0. The Morgan fingerprint density at radius 1 is 1.25 bits per heavy atom. The molecule has 0 aromatic carbocycles. The van der Waals surface area contributed by atoms with E-state index in [1.807, 2.05) is 53.0 Å². The van der Waals surface area contributed by atoms with Gasteiger partial charge in [0.05, 0.1) is 6.10 Å². The van der Waals surface area contributed by atoms with Gasteiger partial charge in [-0.15, -0.1) is 0 Å². The molecule has 2 unspecified atom stereocenters. The average Bonchev–Trinajstić information content (AvgIpc) is 2.55. The van der Waals surface area contributed by atoms with E-state index in [0.717, 1.165) is 24.0 Å². The lowest BCUT2D eigenvalue weighted by atomic mass is 9.78. The van der Waals surface area contributed by atoms with E-state index < -0.39 is 0 Å². The average molecular weight is 275 g/mol. The zero-order chi connectivity index (χ0) is 15.5. The van der Waals surface area contributed by atoms with Crippen LogP contribution in [0.25, 0.3) is 0 Å². The molecule has 1 aromatic rings. The van der Waals surface area contributed by atoms with Gasteiger partial charge < -0.3 is 5.11 Å². The van der Waals surface area contributed by atoms with E-state index in [1.54, 1.807) is 6.20 Å². The van der Waals surface area contributed by atoms with Crippen LogP contribution in [-0.4, -0.2) is 10.1 Å². The molecular formula is C18H29NO. The van der Waals surface area contributed by atoms with Crippen molar-refractivity contribution in [3.05, 3.63) is 53.9 Å². The Morgan fingerprint density at radius 2 is 1.90 bits per heavy atom. The quantitative estimate of drug-likeness (QED) is 0.755. The van der Waals surface area contributed by atoms with Gasteiger partial charge in [0, 0.05) is 18.3 Å². The highest BCUT2D eigenvalue weighted by atomic mass is 16.3. The van der Waals surface area contributed by atoms with Crippen LogP contribution in [0.2, 0.25) is 0 Å². The Bertz CT molecular complexity index is 423. The summed E-state index contributed by atoms with van der Waals surface area (Å²) in [5.74, 6) is 0.342. The largest absolute Gasteiger partial charge is 0.388 e. The van der Waals surface area contributed by atoms with Crippen molar-refractivity contribution in [2.24, 2.45) is 0 Å². The molecule has 1 aliphatic carbocycles. The molecule has 1 aliphatic rings. The van der Waals surface area contributed by atoms with E-state index in [-0.39, 0.29) is 6.10 Å². The zero-order valence-electron chi connectivity index (χ0n) is 13.6. The molecule has 0 saturated carbocycles. The number of aromatic nitrogens is 1. The molecule has 1 heterocycles.